The molecule has 0 saturated heterocycles. The summed E-state index contributed by atoms with van der Waals surface area (Å²) in [6.45, 7) is 4.29. The molecule has 0 aromatic rings. The molecule has 76 valence electrons. The SMILES string of the molecule is CCNCCCO.O=S(=O)(O)O. The Kier molecular flexibility index (Phi) is 10.6. The van der Waals surface area contributed by atoms with Crippen LogP contribution in [0.5, 0.6) is 0 Å². The molecule has 0 aromatic heterocycles. The summed E-state index contributed by atoms with van der Waals surface area (Å²) in [7, 11) is -4.67. The number of hydrogen-bond acceptors (Lipinski definition) is 4. The highest BCUT2D eigenvalue weighted by Crippen LogP contribution is 1.68. The van der Waals surface area contributed by atoms with E-state index in [2.05, 4.69) is 12.2 Å². The van der Waals surface area contributed by atoms with E-state index in [4.69, 9.17) is 22.6 Å². The van der Waals surface area contributed by atoms with Crippen LogP contribution in [0.15, 0.2) is 0 Å². The lowest BCUT2D eigenvalue weighted by atomic mass is 10.4. The van der Waals surface area contributed by atoms with Crippen LogP contribution in [0.2, 0.25) is 0 Å². The smallest absolute Gasteiger partial charge is 0.394 e. The molecule has 0 amide bonds. The molecule has 12 heavy (non-hydrogen) atoms. The predicted octanol–water partition coefficient (Wildman–Crippen LogP) is -0.674. The topological polar surface area (TPSA) is 107 Å². The minimum Gasteiger partial charge on any atom is -0.396 e. The minimum absolute atomic E-state index is 0.299. The molecule has 0 spiro atoms. The molecule has 6 nitrogen and oxygen atoms in total. The molecule has 0 atom stereocenters. The number of hydrogen-bond donors (Lipinski definition) is 4. The molecule has 7 heteroatoms. The van der Waals surface area contributed by atoms with Gasteiger partial charge in [-0.2, -0.15) is 8.42 Å². The van der Waals surface area contributed by atoms with E-state index in [9.17, 15) is 0 Å². The fourth-order valence-corrected chi connectivity index (χ4v) is 0.381. The normalized spacial score (nSPS) is 10.3. The van der Waals surface area contributed by atoms with Gasteiger partial charge in [-0.3, -0.25) is 9.11 Å². The Balaban J connectivity index is 0. The molecule has 0 aliphatic carbocycles. The molecule has 0 aromatic carbocycles. The van der Waals surface area contributed by atoms with E-state index in [0.717, 1.165) is 19.5 Å². The third kappa shape index (κ3) is 52.7. The molecule has 4 N–H and O–H groups in total. The van der Waals surface area contributed by atoms with Crippen molar-refractivity contribution in [3.8, 4) is 0 Å². The Morgan fingerprint density at radius 3 is 2.00 bits per heavy atom. The standard InChI is InChI=1S/C5H13NO.H2O4S/c1-2-6-4-3-5-7;1-5(2,3)4/h6-7H,2-5H2,1H3;(H2,1,2,3,4). The van der Waals surface area contributed by atoms with E-state index < -0.39 is 10.4 Å². The summed E-state index contributed by atoms with van der Waals surface area (Å²) in [6, 6.07) is 0. The maximum atomic E-state index is 8.74. The quantitative estimate of drug-likeness (QED) is 0.355. The Bertz CT molecular complexity index is 155. The molecular weight excluding hydrogens is 186 g/mol. The van der Waals surface area contributed by atoms with E-state index in [1.807, 2.05) is 0 Å². The first-order valence-corrected chi connectivity index (χ1v) is 4.83. The molecule has 0 fully saturated rings. The fraction of sp³-hybridized carbons (Fsp3) is 1.00. The lowest BCUT2D eigenvalue weighted by molar-refractivity contribution is 0.286. The van der Waals surface area contributed by atoms with Crippen LogP contribution in [0.3, 0.4) is 0 Å². The van der Waals surface area contributed by atoms with Gasteiger partial charge in [0.15, 0.2) is 0 Å². The first kappa shape index (κ1) is 14.3. The first-order chi connectivity index (χ1) is 5.41. The van der Waals surface area contributed by atoms with Gasteiger partial charge in [-0.15, -0.1) is 0 Å². The fourth-order valence-electron chi connectivity index (χ4n) is 0.381. The summed E-state index contributed by atoms with van der Waals surface area (Å²) in [6.07, 6.45) is 0.869. The van der Waals surface area contributed by atoms with Gasteiger partial charge in [0.25, 0.3) is 0 Å². The highest BCUT2D eigenvalue weighted by atomic mass is 32.3. The second-order valence-electron chi connectivity index (χ2n) is 1.88. The molecule has 0 radical (unpaired) electrons. The van der Waals surface area contributed by atoms with Gasteiger partial charge in [0.05, 0.1) is 0 Å². The second-order valence-corrected chi connectivity index (χ2v) is 2.77. The van der Waals surface area contributed by atoms with E-state index in [1.165, 1.54) is 0 Å². The third-order valence-electron chi connectivity index (χ3n) is 0.762. The zero-order chi connectivity index (χ0) is 10.0. The summed E-state index contributed by atoms with van der Waals surface area (Å²) < 4.78 is 31.6. The molecule has 0 unspecified atom stereocenters. The third-order valence-corrected chi connectivity index (χ3v) is 0.762. The number of aliphatic hydroxyl groups is 1. The molecular formula is C5H15NO5S. The van der Waals surface area contributed by atoms with E-state index in [1.54, 1.807) is 0 Å². The number of nitrogens with one attached hydrogen (secondary N) is 1. The van der Waals surface area contributed by atoms with Crippen LogP contribution in [0.25, 0.3) is 0 Å². The number of aliphatic hydroxyl groups excluding tert-OH is 1. The Labute approximate surface area is 72.2 Å². The van der Waals surface area contributed by atoms with E-state index >= 15 is 0 Å². The summed E-state index contributed by atoms with van der Waals surface area (Å²) in [5.41, 5.74) is 0. The van der Waals surface area contributed by atoms with Gasteiger partial charge in [0, 0.05) is 6.61 Å². The zero-order valence-electron chi connectivity index (χ0n) is 6.89. The van der Waals surface area contributed by atoms with Gasteiger partial charge in [-0.05, 0) is 19.5 Å². The van der Waals surface area contributed by atoms with Gasteiger partial charge >= 0.3 is 10.4 Å². The lowest BCUT2D eigenvalue weighted by Crippen LogP contribution is -2.14. The Morgan fingerprint density at radius 1 is 1.33 bits per heavy atom. The highest BCUT2D eigenvalue weighted by Gasteiger charge is 1.84. The van der Waals surface area contributed by atoms with Crippen LogP contribution in [-0.4, -0.2) is 42.3 Å². The molecule has 0 saturated carbocycles. The van der Waals surface area contributed by atoms with Crippen molar-refractivity contribution in [3.63, 3.8) is 0 Å². The lowest BCUT2D eigenvalue weighted by Gasteiger charge is -1.94. The monoisotopic (exact) mass is 201 g/mol. The van der Waals surface area contributed by atoms with Gasteiger partial charge < -0.3 is 10.4 Å². The van der Waals surface area contributed by atoms with Crippen LogP contribution in [0.1, 0.15) is 13.3 Å². The highest BCUT2D eigenvalue weighted by molar-refractivity contribution is 7.79. The number of rotatable bonds is 4. The second kappa shape index (κ2) is 8.88. The van der Waals surface area contributed by atoms with Gasteiger partial charge in [-0.1, -0.05) is 6.92 Å². The Morgan fingerprint density at radius 2 is 1.75 bits per heavy atom. The zero-order valence-corrected chi connectivity index (χ0v) is 7.71. The largest absolute Gasteiger partial charge is 0.396 e. The van der Waals surface area contributed by atoms with Crippen molar-refractivity contribution < 1.29 is 22.6 Å². The molecule has 0 aliphatic rings. The predicted molar refractivity (Wildman–Crippen MR) is 44.4 cm³/mol. The maximum Gasteiger partial charge on any atom is 0.394 e. The maximum absolute atomic E-state index is 8.74. The molecule has 0 aliphatic heterocycles. The van der Waals surface area contributed by atoms with Gasteiger partial charge in [0.1, 0.15) is 0 Å². The van der Waals surface area contributed by atoms with E-state index in [0.29, 0.717) is 6.61 Å². The summed E-state index contributed by atoms with van der Waals surface area (Å²) in [4.78, 5) is 0. The molecule has 0 heterocycles. The Hall–Kier alpha value is -0.210. The first-order valence-electron chi connectivity index (χ1n) is 3.43. The van der Waals surface area contributed by atoms with Crippen LogP contribution < -0.4 is 5.32 Å². The summed E-state index contributed by atoms with van der Waals surface area (Å²) in [5.74, 6) is 0. The van der Waals surface area contributed by atoms with Crippen molar-refractivity contribution in [2.75, 3.05) is 19.7 Å². The van der Waals surface area contributed by atoms with Crippen molar-refractivity contribution >= 4 is 10.4 Å². The van der Waals surface area contributed by atoms with E-state index in [-0.39, 0.29) is 0 Å². The van der Waals surface area contributed by atoms with Gasteiger partial charge in [0.2, 0.25) is 0 Å². The van der Waals surface area contributed by atoms with Crippen LogP contribution in [0, 0.1) is 0 Å². The van der Waals surface area contributed by atoms with Gasteiger partial charge in [-0.25, -0.2) is 0 Å². The average Bonchev–Trinajstić information content (AvgIpc) is 1.85. The van der Waals surface area contributed by atoms with Crippen LogP contribution in [-0.2, 0) is 10.4 Å². The van der Waals surface area contributed by atoms with Crippen molar-refractivity contribution in [2.45, 2.75) is 13.3 Å². The van der Waals surface area contributed by atoms with Crippen molar-refractivity contribution in [2.24, 2.45) is 0 Å². The van der Waals surface area contributed by atoms with Crippen molar-refractivity contribution in [1.82, 2.24) is 5.32 Å². The minimum atomic E-state index is -4.67. The summed E-state index contributed by atoms with van der Waals surface area (Å²) in [5, 5.41) is 11.3. The van der Waals surface area contributed by atoms with Crippen LogP contribution in [0.4, 0.5) is 0 Å². The molecule has 0 bridgehead atoms. The van der Waals surface area contributed by atoms with Crippen molar-refractivity contribution in [1.29, 1.82) is 0 Å². The van der Waals surface area contributed by atoms with Crippen LogP contribution >= 0.6 is 0 Å². The van der Waals surface area contributed by atoms with Crippen molar-refractivity contribution in [3.05, 3.63) is 0 Å². The average molecular weight is 201 g/mol. The summed E-state index contributed by atoms with van der Waals surface area (Å²) >= 11 is 0. The molecule has 0 rings (SSSR count).